The molecule has 2 aromatic rings. The van der Waals surface area contributed by atoms with Gasteiger partial charge >= 0.3 is 6.09 Å². The van der Waals surface area contributed by atoms with Gasteiger partial charge in [0.1, 0.15) is 5.60 Å². The fraction of sp³-hybridized carbons (Fsp3) is 0.545. The summed E-state index contributed by atoms with van der Waals surface area (Å²) >= 11 is 0. The lowest BCUT2D eigenvalue weighted by Gasteiger charge is -2.28. The standard InChI is InChI=1S/C22H29N3O2/c1-5-24-19(14-17-13-16(15-23)8-11-20(17)24)10-9-18-7-6-12-25(18)21(26)27-22(2,3)4/h8,11,13-14,18H,5-7,9-10,12H2,1-4H3/t18-/m0/s1. The lowest BCUT2D eigenvalue weighted by molar-refractivity contribution is 0.0220. The van der Waals surface area contributed by atoms with Crippen molar-refractivity contribution in [1.82, 2.24) is 9.47 Å². The summed E-state index contributed by atoms with van der Waals surface area (Å²) in [6.45, 7) is 9.54. The number of likely N-dealkylation sites (tertiary alicyclic amines) is 1. The highest BCUT2D eigenvalue weighted by Crippen LogP contribution is 2.27. The van der Waals surface area contributed by atoms with Crippen LogP contribution >= 0.6 is 0 Å². The molecule has 0 saturated carbocycles. The third kappa shape index (κ3) is 4.27. The molecule has 0 unspecified atom stereocenters. The summed E-state index contributed by atoms with van der Waals surface area (Å²) in [5.41, 5.74) is 2.66. The molecule has 2 heterocycles. The maximum Gasteiger partial charge on any atom is 0.410 e. The van der Waals surface area contributed by atoms with E-state index in [-0.39, 0.29) is 12.1 Å². The summed E-state index contributed by atoms with van der Waals surface area (Å²) in [6, 6.07) is 10.5. The number of nitrogens with zero attached hydrogens (tertiary/aromatic N) is 3. The van der Waals surface area contributed by atoms with Crippen molar-refractivity contribution in [3.05, 3.63) is 35.5 Å². The number of rotatable bonds is 4. The number of ether oxygens (including phenoxy) is 1. The van der Waals surface area contributed by atoms with Crippen molar-refractivity contribution in [3.8, 4) is 6.07 Å². The second-order valence-corrected chi connectivity index (χ2v) is 8.27. The van der Waals surface area contributed by atoms with E-state index in [1.807, 2.05) is 43.9 Å². The van der Waals surface area contributed by atoms with Crippen LogP contribution in [-0.4, -0.2) is 33.7 Å². The lowest BCUT2D eigenvalue weighted by Crippen LogP contribution is -2.40. The SMILES string of the molecule is CCn1c(CC[C@@H]2CCCN2C(=O)OC(C)(C)C)cc2cc(C#N)ccc21. The van der Waals surface area contributed by atoms with Crippen LogP contribution in [0.15, 0.2) is 24.3 Å². The minimum absolute atomic E-state index is 0.195. The first-order valence-corrected chi connectivity index (χ1v) is 9.84. The highest BCUT2D eigenvalue weighted by Gasteiger charge is 2.32. The summed E-state index contributed by atoms with van der Waals surface area (Å²) in [5, 5.41) is 10.2. The first kappa shape index (κ1) is 19.3. The summed E-state index contributed by atoms with van der Waals surface area (Å²) in [5.74, 6) is 0. The van der Waals surface area contributed by atoms with Crippen molar-refractivity contribution in [2.24, 2.45) is 0 Å². The van der Waals surface area contributed by atoms with E-state index in [2.05, 4.69) is 23.6 Å². The van der Waals surface area contributed by atoms with Gasteiger partial charge in [0.15, 0.2) is 0 Å². The topological polar surface area (TPSA) is 58.3 Å². The highest BCUT2D eigenvalue weighted by molar-refractivity contribution is 5.82. The van der Waals surface area contributed by atoms with Gasteiger partial charge in [0.2, 0.25) is 0 Å². The minimum Gasteiger partial charge on any atom is -0.444 e. The fourth-order valence-electron chi connectivity index (χ4n) is 3.99. The number of hydrogen-bond donors (Lipinski definition) is 0. The molecule has 1 saturated heterocycles. The maximum absolute atomic E-state index is 12.5. The Morgan fingerprint density at radius 3 is 2.78 bits per heavy atom. The number of benzene rings is 1. The summed E-state index contributed by atoms with van der Waals surface area (Å²) < 4.78 is 7.88. The highest BCUT2D eigenvalue weighted by atomic mass is 16.6. The lowest BCUT2D eigenvalue weighted by atomic mass is 10.1. The molecule has 1 aliphatic rings. The third-order valence-electron chi connectivity index (χ3n) is 5.17. The molecular weight excluding hydrogens is 338 g/mol. The quantitative estimate of drug-likeness (QED) is 0.775. The van der Waals surface area contributed by atoms with Crippen LogP contribution in [0.3, 0.4) is 0 Å². The molecule has 1 aromatic heterocycles. The van der Waals surface area contributed by atoms with Gasteiger partial charge in [-0.25, -0.2) is 4.79 Å². The molecule has 1 aromatic carbocycles. The van der Waals surface area contributed by atoms with E-state index in [0.29, 0.717) is 5.56 Å². The number of fused-ring (bicyclic) bond motifs is 1. The van der Waals surface area contributed by atoms with Crippen LogP contribution in [0.5, 0.6) is 0 Å². The normalized spacial score (nSPS) is 17.3. The second kappa shape index (κ2) is 7.64. The van der Waals surface area contributed by atoms with E-state index >= 15 is 0 Å². The predicted molar refractivity (Wildman–Crippen MR) is 107 cm³/mol. The Labute approximate surface area is 161 Å². The van der Waals surface area contributed by atoms with Crippen molar-refractivity contribution in [2.45, 2.75) is 71.6 Å². The van der Waals surface area contributed by atoms with E-state index in [0.717, 1.165) is 44.2 Å². The fourth-order valence-corrected chi connectivity index (χ4v) is 3.99. The molecule has 5 nitrogen and oxygen atoms in total. The number of carbonyl (C=O) groups excluding carboxylic acids is 1. The van der Waals surface area contributed by atoms with Gasteiger partial charge in [-0.2, -0.15) is 5.26 Å². The van der Waals surface area contributed by atoms with Crippen LogP contribution in [0, 0.1) is 11.3 Å². The Balaban J connectivity index is 1.74. The Morgan fingerprint density at radius 2 is 2.11 bits per heavy atom. The molecule has 1 fully saturated rings. The average Bonchev–Trinajstić information content (AvgIpc) is 3.21. The molecule has 3 rings (SSSR count). The number of aryl methyl sites for hydroxylation is 2. The number of hydrogen-bond acceptors (Lipinski definition) is 3. The number of nitriles is 1. The van der Waals surface area contributed by atoms with Gasteiger partial charge in [-0.05, 0) is 77.6 Å². The van der Waals surface area contributed by atoms with Crippen LogP contribution < -0.4 is 0 Å². The monoisotopic (exact) mass is 367 g/mol. The molecule has 0 radical (unpaired) electrons. The molecule has 0 bridgehead atoms. The summed E-state index contributed by atoms with van der Waals surface area (Å²) in [7, 11) is 0. The van der Waals surface area contributed by atoms with Crippen molar-refractivity contribution < 1.29 is 9.53 Å². The molecule has 5 heteroatoms. The zero-order valence-electron chi connectivity index (χ0n) is 16.8. The van der Waals surface area contributed by atoms with Gasteiger partial charge in [-0.1, -0.05) is 0 Å². The van der Waals surface area contributed by atoms with E-state index in [9.17, 15) is 4.79 Å². The zero-order valence-corrected chi connectivity index (χ0v) is 16.8. The van der Waals surface area contributed by atoms with Crippen molar-refractivity contribution >= 4 is 17.0 Å². The number of carbonyl (C=O) groups is 1. The molecule has 0 N–H and O–H groups in total. The van der Waals surface area contributed by atoms with Crippen molar-refractivity contribution in [1.29, 1.82) is 5.26 Å². The van der Waals surface area contributed by atoms with Gasteiger partial charge in [-0.3, -0.25) is 0 Å². The van der Waals surface area contributed by atoms with Crippen LogP contribution in [0.2, 0.25) is 0 Å². The number of aromatic nitrogens is 1. The zero-order chi connectivity index (χ0) is 19.6. The third-order valence-corrected chi connectivity index (χ3v) is 5.17. The molecule has 0 spiro atoms. The largest absolute Gasteiger partial charge is 0.444 e. The summed E-state index contributed by atoms with van der Waals surface area (Å²) in [6.07, 6.45) is 3.71. The first-order valence-electron chi connectivity index (χ1n) is 9.84. The van der Waals surface area contributed by atoms with Crippen LogP contribution in [0.1, 0.15) is 58.2 Å². The smallest absolute Gasteiger partial charge is 0.410 e. The maximum atomic E-state index is 12.5. The van der Waals surface area contributed by atoms with Gasteiger partial charge in [-0.15, -0.1) is 0 Å². The molecule has 144 valence electrons. The Kier molecular flexibility index (Phi) is 5.46. The van der Waals surface area contributed by atoms with Crippen molar-refractivity contribution in [3.63, 3.8) is 0 Å². The van der Waals surface area contributed by atoms with Crippen LogP contribution in [0.25, 0.3) is 10.9 Å². The minimum atomic E-state index is -0.461. The van der Waals surface area contributed by atoms with Crippen LogP contribution in [0.4, 0.5) is 4.79 Å². The van der Waals surface area contributed by atoms with Gasteiger partial charge < -0.3 is 14.2 Å². The Bertz CT molecular complexity index is 870. The molecule has 0 aliphatic carbocycles. The Hall–Kier alpha value is -2.48. The molecular formula is C22H29N3O2. The Morgan fingerprint density at radius 1 is 1.33 bits per heavy atom. The molecule has 1 amide bonds. The average molecular weight is 367 g/mol. The molecule has 1 aliphatic heterocycles. The number of amides is 1. The van der Waals surface area contributed by atoms with Crippen molar-refractivity contribution in [2.75, 3.05) is 6.54 Å². The predicted octanol–water partition coefficient (Wildman–Crippen LogP) is 4.86. The van der Waals surface area contributed by atoms with Gasteiger partial charge in [0.25, 0.3) is 0 Å². The van der Waals surface area contributed by atoms with E-state index in [4.69, 9.17) is 10.00 Å². The van der Waals surface area contributed by atoms with Gasteiger partial charge in [0, 0.05) is 35.7 Å². The summed E-state index contributed by atoms with van der Waals surface area (Å²) in [4.78, 5) is 14.4. The van der Waals surface area contributed by atoms with E-state index in [1.54, 1.807) is 0 Å². The molecule has 27 heavy (non-hydrogen) atoms. The first-order chi connectivity index (χ1) is 12.8. The second-order valence-electron chi connectivity index (χ2n) is 8.27. The van der Waals surface area contributed by atoms with E-state index in [1.165, 1.54) is 11.2 Å². The van der Waals surface area contributed by atoms with Crippen LogP contribution in [-0.2, 0) is 17.7 Å². The molecule has 1 atom stereocenters. The van der Waals surface area contributed by atoms with E-state index < -0.39 is 5.60 Å². The van der Waals surface area contributed by atoms with Gasteiger partial charge in [0.05, 0.1) is 11.6 Å².